The van der Waals surface area contributed by atoms with Crippen LogP contribution in [0.4, 0.5) is 0 Å². The summed E-state index contributed by atoms with van der Waals surface area (Å²) in [6.07, 6.45) is 6.96. The van der Waals surface area contributed by atoms with Crippen molar-refractivity contribution in [2.75, 3.05) is 27.7 Å². The fourth-order valence-electron chi connectivity index (χ4n) is 2.96. The van der Waals surface area contributed by atoms with Gasteiger partial charge in [0.1, 0.15) is 0 Å². The highest BCUT2D eigenvalue weighted by Crippen LogP contribution is 2.27. The molecule has 0 spiro atoms. The highest BCUT2D eigenvalue weighted by molar-refractivity contribution is 5.79. The van der Waals surface area contributed by atoms with Crippen LogP contribution in [-0.2, 0) is 0 Å². The van der Waals surface area contributed by atoms with Crippen LogP contribution in [0.15, 0.2) is 4.99 Å². The van der Waals surface area contributed by atoms with Crippen molar-refractivity contribution in [3.05, 3.63) is 0 Å². The molecule has 0 aliphatic heterocycles. The molecule has 0 aromatic carbocycles. The van der Waals surface area contributed by atoms with E-state index in [4.69, 9.17) is 0 Å². The number of hydrogen-bond acceptors (Lipinski definition) is 2. The van der Waals surface area contributed by atoms with Gasteiger partial charge in [-0.25, -0.2) is 0 Å². The van der Waals surface area contributed by atoms with Crippen LogP contribution in [0.5, 0.6) is 0 Å². The van der Waals surface area contributed by atoms with Crippen LogP contribution in [0.3, 0.4) is 0 Å². The van der Waals surface area contributed by atoms with Crippen molar-refractivity contribution < 1.29 is 0 Å². The lowest BCUT2D eigenvalue weighted by atomic mass is 9.83. The van der Waals surface area contributed by atoms with Gasteiger partial charge in [-0.3, -0.25) is 4.99 Å². The van der Waals surface area contributed by atoms with E-state index in [0.29, 0.717) is 12.1 Å². The predicted octanol–water partition coefficient (Wildman–Crippen LogP) is 2.07. The largest absolute Gasteiger partial charge is 0.355 e. The van der Waals surface area contributed by atoms with E-state index < -0.39 is 0 Å². The zero-order chi connectivity index (χ0) is 14.3. The smallest absolute Gasteiger partial charge is 0.191 e. The first-order valence-electron chi connectivity index (χ1n) is 7.68. The van der Waals surface area contributed by atoms with Crippen molar-refractivity contribution in [1.29, 1.82) is 0 Å². The summed E-state index contributed by atoms with van der Waals surface area (Å²) < 4.78 is 0. The Bertz CT molecular complexity index is 267. The molecule has 1 aliphatic carbocycles. The minimum atomic E-state index is 0.415. The highest BCUT2D eigenvalue weighted by Gasteiger charge is 2.25. The van der Waals surface area contributed by atoms with Gasteiger partial charge in [-0.2, -0.15) is 0 Å². The molecule has 1 atom stereocenters. The second kappa shape index (κ2) is 8.41. The van der Waals surface area contributed by atoms with E-state index >= 15 is 0 Å². The van der Waals surface area contributed by atoms with E-state index in [1.54, 1.807) is 0 Å². The Kier molecular flexibility index (Phi) is 7.21. The topological polar surface area (TPSA) is 39.7 Å². The molecule has 0 bridgehead atoms. The second-order valence-corrected chi connectivity index (χ2v) is 6.18. The molecular weight excluding hydrogens is 236 g/mol. The average Bonchev–Trinajstić information content (AvgIpc) is 2.38. The molecule has 1 saturated carbocycles. The highest BCUT2D eigenvalue weighted by atomic mass is 15.2. The van der Waals surface area contributed by atoms with Gasteiger partial charge in [0.15, 0.2) is 5.96 Å². The van der Waals surface area contributed by atoms with Crippen molar-refractivity contribution in [1.82, 2.24) is 15.5 Å². The quantitative estimate of drug-likeness (QED) is 0.592. The fraction of sp³-hybridized carbons (Fsp3) is 0.933. The van der Waals surface area contributed by atoms with Crippen molar-refractivity contribution >= 4 is 5.96 Å². The minimum absolute atomic E-state index is 0.415. The Morgan fingerprint density at radius 3 is 2.32 bits per heavy atom. The van der Waals surface area contributed by atoms with Crippen LogP contribution in [0.1, 0.15) is 46.0 Å². The van der Waals surface area contributed by atoms with E-state index in [-0.39, 0.29) is 0 Å². The predicted molar refractivity (Wildman–Crippen MR) is 83.7 cm³/mol. The maximum atomic E-state index is 4.28. The SMILES string of the molecule is CN=C(NCC(C1CCCCC1)N(C)C)NC(C)C. The molecule has 1 fully saturated rings. The van der Waals surface area contributed by atoms with E-state index in [1.165, 1.54) is 32.1 Å². The Labute approximate surface area is 119 Å². The number of rotatable bonds is 5. The average molecular weight is 268 g/mol. The number of nitrogens with one attached hydrogen (secondary N) is 2. The number of aliphatic imine (C=N–C) groups is 1. The molecule has 0 radical (unpaired) electrons. The minimum Gasteiger partial charge on any atom is -0.355 e. The molecule has 1 unspecified atom stereocenters. The molecule has 2 N–H and O–H groups in total. The van der Waals surface area contributed by atoms with Crippen molar-refractivity contribution in [2.24, 2.45) is 10.9 Å². The lowest BCUT2D eigenvalue weighted by Crippen LogP contribution is -2.49. The van der Waals surface area contributed by atoms with Crippen LogP contribution in [0.25, 0.3) is 0 Å². The zero-order valence-electron chi connectivity index (χ0n) is 13.4. The fourth-order valence-corrected chi connectivity index (χ4v) is 2.96. The summed E-state index contributed by atoms with van der Waals surface area (Å²) in [4.78, 5) is 6.65. The van der Waals surface area contributed by atoms with Gasteiger partial charge in [-0.1, -0.05) is 19.3 Å². The summed E-state index contributed by atoms with van der Waals surface area (Å²) in [7, 11) is 6.22. The molecule has 0 heterocycles. The summed E-state index contributed by atoms with van der Waals surface area (Å²) in [5.74, 6) is 1.74. The summed E-state index contributed by atoms with van der Waals surface area (Å²) in [5, 5.41) is 6.82. The molecule has 1 rings (SSSR count). The molecule has 19 heavy (non-hydrogen) atoms. The van der Waals surface area contributed by atoms with Gasteiger partial charge in [0.2, 0.25) is 0 Å². The van der Waals surface area contributed by atoms with Gasteiger partial charge in [-0.15, -0.1) is 0 Å². The molecule has 4 nitrogen and oxygen atoms in total. The Balaban J connectivity index is 2.48. The molecular formula is C15H32N4. The first-order valence-corrected chi connectivity index (χ1v) is 7.68. The lowest BCUT2D eigenvalue weighted by Gasteiger charge is -2.35. The van der Waals surface area contributed by atoms with Gasteiger partial charge in [-0.05, 0) is 46.7 Å². The maximum Gasteiger partial charge on any atom is 0.191 e. The zero-order valence-corrected chi connectivity index (χ0v) is 13.4. The summed E-state index contributed by atoms with van der Waals surface area (Å²) in [6.45, 7) is 5.25. The van der Waals surface area contributed by atoms with Crippen LogP contribution in [0.2, 0.25) is 0 Å². The molecule has 0 amide bonds. The second-order valence-electron chi connectivity index (χ2n) is 6.18. The molecule has 112 valence electrons. The van der Waals surface area contributed by atoms with Crippen LogP contribution >= 0.6 is 0 Å². The van der Waals surface area contributed by atoms with Crippen LogP contribution in [0, 0.1) is 5.92 Å². The van der Waals surface area contributed by atoms with Gasteiger partial charge in [0.25, 0.3) is 0 Å². The van der Waals surface area contributed by atoms with Crippen molar-refractivity contribution in [3.63, 3.8) is 0 Å². The summed E-state index contributed by atoms with van der Waals surface area (Å²) in [5.41, 5.74) is 0. The monoisotopic (exact) mass is 268 g/mol. The summed E-state index contributed by atoms with van der Waals surface area (Å²) in [6, 6.07) is 1.02. The van der Waals surface area contributed by atoms with Crippen LogP contribution < -0.4 is 10.6 Å². The van der Waals surface area contributed by atoms with Gasteiger partial charge >= 0.3 is 0 Å². The third-order valence-electron chi connectivity index (χ3n) is 3.98. The normalized spacial score (nSPS) is 19.8. The number of guanidine groups is 1. The van der Waals surface area contributed by atoms with Gasteiger partial charge in [0, 0.05) is 25.7 Å². The standard InChI is InChI=1S/C15H32N4/c1-12(2)18-15(16-3)17-11-14(19(4)5)13-9-7-6-8-10-13/h12-14H,6-11H2,1-5H3,(H2,16,17,18). The molecule has 0 aromatic rings. The van der Waals surface area contributed by atoms with E-state index in [9.17, 15) is 0 Å². The Hall–Kier alpha value is -0.770. The maximum absolute atomic E-state index is 4.28. The van der Waals surface area contributed by atoms with Gasteiger partial charge in [0.05, 0.1) is 0 Å². The first-order chi connectivity index (χ1) is 9.04. The number of hydrogen-bond donors (Lipinski definition) is 2. The third kappa shape index (κ3) is 5.81. The van der Waals surface area contributed by atoms with E-state index in [2.05, 4.69) is 48.5 Å². The molecule has 1 aliphatic rings. The molecule has 0 aromatic heterocycles. The van der Waals surface area contributed by atoms with E-state index in [0.717, 1.165) is 18.4 Å². The van der Waals surface area contributed by atoms with Crippen molar-refractivity contribution in [2.45, 2.75) is 58.0 Å². The lowest BCUT2D eigenvalue weighted by molar-refractivity contribution is 0.171. The van der Waals surface area contributed by atoms with E-state index in [1.807, 2.05) is 7.05 Å². The first kappa shape index (κ1) is 16.3. The molecule has 4 heteroatoms. The van der Waals surface area contributed by atoms with Gasteiger partial charge < -0.3 is 15.5 Å². The third-order valence-corrected chi connectivity index (χ3v) is 3.98. The summed E-state index contributed by atoms with van der Waals surface area (Å²) >= 11 is 0. The van der Waals surface area contributed by atoms with Crippen LogP contribution in [-0.4, -0.2) is 50.6 Å². The van der Waals surface area contributed by atoms with Crippen molar-refractivity contribution in [3.8, 4) is 0 Å². The number of likely N-dealkylation sites (N-methyl/N-ethyl adjacent to an activating group) is 1. The Morgan fingerprint density at radius 2 is 1.84 bits per heavy atom. The molecule has 0 saturated heterocycles. The number of nitrogens with zero attached hydrogens (tertiary/aromatic N) is 2. The Morgan fingerprint density at radius 1 is 1.21 bits per heavy atom.